The van der Waals surface area contributed by atoms with E-state index in [9.17, 15) is 28.1 Å². The molecule has 0 saturated carbocycles. The Morgan fingerprint density at radius 1 is 0.980 bits per heavy atom. The van der Waals surface area contributed by atoms with E-state index in [4.69, 9.17) is 16.3 Å². The number of sulfonamides is 1. The zero-order valence-corrected chi connectivity index (χ0v) is 29.3. The van der Waals surface area contributed by atoms with Crippen LogP contribution in [0, 0.1) is 17.0 Å². The fourth-order valence-electron chi connectivity index (χ4n) is 5.16. The molecule has 0 aliphatic rings. The molecule has 0 aromatic heterocycles. The van der Waals surface area contributed by atoms with E-state index in [-0.39, 0.29) is 40.8 Å². The van der Waals surface area contributed by atoms with Gasteiger partial charge in [-0.3, -0.25) is 24.0 Å². The molecular formula is C36H39ClN4O7S. The van der Waals surface area contributed by atoms with Gasteiger partial charge in [-0.25, -0.2) is 8.42 Å². The lowest BCUT2D eigenvalue weighted by atomic mass is 10.0. The molecule has 0 saturated heterocycles. The molecule has 4 aromatic rings. The van der Waals surface area contributed by atoms with Gasteiger partial charge in [-0.15, -0.1) is 0 Å². The van der Waals surface area contributed by atoms with Gasteiger partial charge in [0.2, 0.25) is 11.8 Å². The van der Waals surface area contributed by atoms with Crippen LogP contribution in [0.25, 0.3) is 0 Å². The number of methoxy groups -OCH3 is 1. The maximum atomic E-state index is 14.6. The minimum absolute atomic E-state index is 0.101. The first-order chi connectivity index (χ1) is 23.3. The highest BCUT2D eigenvalue weighted by atomic mass is 35.5. The molecule has 0 heterocycles. The van der Waals surface area contributed by atoms with Gasteiger partial charge in [0.1, 0.15) is 18.3 Å². The second kappa shape index (κ2) is 16.4. The average Bonchev–Trinajstić information content (AvgIpc) is 3.09. The first-order valence-corrected chi connectivity index (χ1v) is 17.5. The molecule has 11 nitrogen and oxygen atoms in total. The molecule has 1 N–H and O–H groups in total. The predicted molar refractivity (Wildman–Crippen MR) is 189 cm³/mol. The van der Waals surface area contributed by atoms with E-state index in [0.29, 0.717) is 22.8 Å². The molecule has 0 unspecified atom stereocenters. The summed E-state index contributed by atoms with van der Waals surface area (Å²) in [7, 11) is -3.11. The second-order valence-corrected chi connectivity index (χ2v) is 13.8. The predicted octanol–water partition coefficient (Wildman–Crippen LogP) is 6.32. The molecule has 49 heavy (non-hydrogen) atoms. The van der Waals surface area contributed by atoms with Crippen molar-refractivity contribution in [2.24, 2.45) is 0 Å². The van der Waals surface area contributed by atoms with Crippen LogP contribution in [0.4, 0.5) is 11.4 Å². The summed E-state index contributed by atoms with van der Waals surface area (Å²) in [5.74, 6) is -0.656. The lowest BCUT2D eigenvalue weighted by Gasteiger charge is -2.34. The van der Waals surface area contributed by atoms with Crippen molar-refractivity contribution in [2.45, 2.75) is 57.1 Å². The number of halogens is 1. The van der Waals surface area contributed by atoms with Gasteiger partial charge < -0.3 is 15.0 Å². The number of aryl methyl sites for hydroxylation is 1. The molecule has 0 aliphatic carbocycles. The summed E-state index contributed by atoms with van der Waals surface area (Å²) in [6.45, 7) is 4.45. The van der Waals surface area contributed by atoms with Crippen LogP contribution in [0.5, 0.6) is 5.75 Å². The Kier molecular flexibility index (Phi) is 12.4. The van der Waals surface area contributed by atoms with Crippen LogP contribution in [0.1, 0.15) is 37.0 Å². The zero-order valence-electron chi connectivity index (χ0n) is 27.7. The van der Waals surface area contributed by atoms with Gasteiger partial charge in [0.25, 0.3) is 15.7 Å². The van der Waals surface area contributed by atoms with Gasteiger partial charge in [-0.1, -0.05) is 73.1 Å². The van der Waals surface area contributed by atoms with E-state index < -0.39 is 39.3 Å². The summed E-state index contributed by atoms with van der Waals surface area (Å²) in [5.41, 5.74) is 1.35. The quantitative estimate of drug-likeness (QED) is 0.113. The van der Waals surface area contributed by atoms with Crippen molar-refractivity contribution in [1.82, 2.24) is 10.2 Å². The van der Waals surface area contributed by atoms with E-state index in [1.54, 1.807) is 36.4 Å². The summed E-state index contributed by atoms with van der Waals surface area (Å²) in [5, 5.41) is 15.1. The summed E-state index contributed by atoms with van der Waals surface area (Å²) in [6.07, 6.45) is 0.785. The number of nitro benzene ring substituents is 1. The van der Waals surface area contributed by atoms with Crippen LogP contribution in [-0.4, -0.2) is 55.8 Å². The highest BCUT2D eigenvalue weighted by molar-refractivity contribution is 7.92. The van der Waals surface area contributed by atoms with Crippen molar-refractivity contribution >= 4 is 44.8 Å². The van der Waals surface area contributed by atoms with Crippen molar-refractivity contribution in [3.8, 4) is 5.75 Å². The minimum atomic E-state index is -4.57. The lowest BCUT2D eigenvalue weighted by molar-refractivity contribution is -0.385. The molecule has 0 radical (unpaired) electrons. The van der Waals surface area contributed by atoms with Crippen molar-refractivity contribution in [2.75, 3.05) is 18.0 Å². The number of nitro groups is 1. The molecule has 0 fully saturated rings. The maximum absolute atomic E-state index is 14.6. The number of nitrogens with zero attached hydrogens (tertiary/aromatic N) is 3. The van der Waals surface area contributed by atoms with Gasteiger partial charge >= 0.3 is 0 Å². The van der Waals surface area contributed by atoms with Crippen LogP contribution in [-0.2, 0) is 32.6 Å². The molecule has 258 valence electrons. The maximum Gasteiger partial charge on any atom is 0.273 e. The van der Waals surface area contributed by atoms with Gasteiger partial charge in [-0.05, 0) is 67.8 Å². The number of amides is 2. The van der Waals surface area contributed by atoms with E-state index in [1.165, 1.54) is 43.2 Å². The Balaban J connectivity index is 1.85. The number of anilines is 1. The first-order valence-electron chi connectivity index (χ1n) is 15.6. The van der Waals surface area contributed by atoms with Gasteiger partial charge in [0.15, 0.2) is 0 Å². The summed E-state index contributed by atoms with van der Waals surface area (Å²) in [6, 6.07) is 24.5. The third-order valence-electron chi connectivity index (χ3n) is 8.18. The Morgan fingerprint density at radius 2 is 1.63 bits per heavy atom. The van der Waals surface area contributed by atoms with Gasteiger partial charge in [0.05, 0.1) is 22.6 Å². The Bertz CT molecular complexity index is 1890. The summed E-state index contributed by atoms with van der Waals surface area (Å²) in [4.78, 5) is 40.6. The molecule has 4 aromatic carbocycles. The fourth-order valence-corrected chi connectivity index (χ4v) is 6.79. The number of nitrogens with one attached hydrogen (secondary N) is 1. The normalized spacial score (nSPS) is 12.4. The van der Waals surface area contributed by atoms with Crippen molar-refractivity contribution < 1.29 is 27.7 Å². The molecular weight excluding hydrogens is 668 g/mol. The number of rotatable bonds is 15. The molecule has 0 bridgehead atoms. The minimum Gasteiger partial charge on any atom is -0.497 e. The Labute approximate surface area is 291 Å². The first kappa shape index (κ1) is 36.9. The lowest BCUT2D eigenvalue weighted by Crippen LogP contribution is -2.54. The highest BCUT2D eigenvalue weighted by Gasteiger charge is 2.35. The van der Waals surface area contributed by atoms with Crippen LogP contribution in [0.3, 0.4) is 0 Å². The van der Waals surface area contributed by atoms with E-state index in [0.717, 1.165) is 15.9 Å². The number of carbonyl (C=O) groups excluding carboxylic acids is 2. The van der Waals surface area contributed by atoms with Crippen LogP contribution in [0.2, 0.25) is 5.02 Å². The second-order valence-electron chi connectivity index (χ2n) is 11.6. The van der Waals surface area contributed by atoms with E-state index in [1.807, 2.05) is 44.2 Å². The number of hydrogen-bond acceptors (Lipinski definition) is 7. The SMILES string of the molecule is CC[C@H](C)NC(=O)[C@@H](Cc1ccccc1)N(Cc1ccccc1Cl)C(=O)CN(c1ccc(OC)cc1)S(=O)(=O)c1ccc(C)c([N+](=O)[O-])c1. The van der Waals surface area contributed by atoms with Crippen molar-refractivity contribution in [3.63, 3.8) is 0 Å². The smallest absolute Gasteiger partial charge is 0.273 e. The van der Waals surface area contributed by atoms with E-state index in [2.05, 4.69) is 5.32 Å². The van der Waals surface area contributed by atoms with E-state index >= 15 is 0 Å². The summed E-state index contributed by atoms with van der Waals surface area (Å²) >= 11 is 6.55. The molecule has 2 atom stereocenters. The summed E-state index contributed by atoms with van der Waals surface area (Å²) < 4.78 is 34.8. The monoisotopic (exact) mass is 706 g/mol. The van der Waals surface area contributed by atoms with Gasteiger partial charge in [0, 0.05) is 35.7 Å². The fraction of sp³-hybridized carbons (Fsp3) is 0.278. The third-order valence-corrected chi connectivity index (χ3v) is 10.3. The molecule has 13 heteroatoms. The number of hydrogen-bond donors (Lipinski definition) is 1. The zero-order chi connectivity index (χ0) is 35.7. The van der Waals surface area contributed by atoms with Crippen LogP contribution in [0.15, 0.2) is 102 Å². The average molecular weight is 707 g/mol. The van der Waals surface area contributed by atoms with Gasteiger partial charge in [-0.2, -0.15) is 0 Å². The number of carbonyl (C=O) groups is 2. The molecule has 2 amide bonds. The standard InChI is InChI=1S/C36H39ClN4O7S/c1-5-26(3)38-36(43)34(21-27-11-7-6-8-12-27)39(23-28-13-9-10-14-32(28)37)35(42)24-40(29-16-18-30(48-4)19-17-29)49(46,47)31-20-15-25(2)33(22-31)41(44)45/h6-20,22,26,34H,5,21,23-24H2,1-4H3,(H,38,43)/t26-,34+/m0/s1. The third kappa shape index (κ3) is 9.15. The topological polar surface area (TPSA) is 139 Å². The number of ether oxygens (including phenoxy) is 1. The largest absolute Gasteiger partial charge is 0.497 e. The van der Waals surface area contributed by atoms with Crippen LogP contribution < -0.4 is 14.4 Å². The molecule has 0 aliphatic heterocycles. The Hall–Kier alpha value is -4.94. The Morgan fingerprint density at radius 3 is 2.24 bits per heavy atom. The number of benzene rings is 4. The highest BCUT2D eigenvalue weighted by Crippen LogP contribution is 2.30. The molecule has 0 spiro atoms. The molecule has 4 rings (SSSR count). The van der Waals surface area contributed by atoms with Crippen molar-refractivity contribution in [1.29, 1.82) is 0 Å². The van der Waals surface area contributed by atoms with Crippen molar-refractivity contribution in [3.05, 3.63) is 129 Å². The van der Waals surface area contributed by atoms with Crippen LogP contribution >= 0.6 is 11.6 Å².